The highest BCUT2D eigenvalue weighted by molar-refractivity contribution is 5.95. The van der Waals surface area contributed by atoms with Crippen LogP contribution in [0.5, 0.6) is 0 Å². The van der Waals surface area contributed by atoms with Crippen molar-refractivity contribution < 1.29 is 0 Å². The molecule has 0 bridgehead atoms. The van der Waals surface area contributed by atoms with Crippen molar-refractivity contribution in [2.75, 3.05) is 0 Å². The van der Waals surface area contributed by atoms with Gasteiger partial charge in [-0.3, -0.25) is 4.79 Å². The Morgan fingerprint density at radius 3 is 2.08 bits per heavy atom. The van der Waals surface area contributed by atoms with Gasteiger partial charge >= 0.3 is 0 Å². The molecule has 26 heavy (non-hydrogen) atoms. The fraction of sp³-hybridized carbons (Fsp3) is 0.0455. The first-order valence-corrected chi connectivity index (χ1v) is 8.50. The van der Waals surface area contributed by atoms with Gasteiger partial charge in [0.05, 0.1) is 16.4 Å². The summed E-state index contributed by atoms with van der Waals surface area (Å²) in [5, 5.41) is 1.46. The Morgan fingerprint density at radius 2 is 1.35 bits per heavy atom. The quantitative estimate of drug-likeness (QED) is 0.337. The van der Waals surface area contributed by atoms with E-state index < -0.39 is 0 Å². The van der Waals surface area contributed by atoms with Crippen molar-refractivity contribution in [3.8, 4) is 11.4 Å². The summed E-state index contributed by atoms with van der Waals surface area (Å²) in [6, 6.07) is 23.3. The standard InChI is InChI=1S/C22H15N3O/c1-14-10-12-15(13-11-14)20-23-18-8-4-2-6-16(18)21-24-19-9-5-3-7-17(19)22(26)25(20)21/h2-13H,1H3. The molecule has 5 rings (SSSR count). The second-order valence-electron chi connectivity index (χ2n) is 6.41. The van der Waals surface area contributed by atoms with Crippen LogP contribution in [0.3, 0.4) is 0 Å². The van der Waals surface area contributed by atoms with Crippen molar-refractivity contribution in [2.45, 2.75) is 6.92 Å². The SMILES string of the molecule is Cc1ccc(-c2nc3ccccc3c3nc4ccccc4c(=O)n23)cc1. The fourth-order valence-electron chi connectivity index (χ4n) is 3.33. The fourth-order valence-corrected chi connectivity index (χ4v) is 3.33. The summed E-state index contributed by atoms with van der Waals surface area (Å²) < 4.78 is 1.63. The molecule has 0 amide bonds. The molecule has 0 spiro atoms. The van der Waals surface area contributed by atoms with Crippen molar-refractivity contribution in [1.29, 1.82) is 0 Å². The molecule has 2 aromatic heterocycles. The summed E-state index contributed by atoms with van der Waals surface area (Å²) >= 11 is 0. The van der Waals surface area contributed by atoms with Crippen molar-refractivity contribution in [3.63, 3.8) is 0 Å². The summed E-state index contributed by atoms with van der Waals surface area (Å²) in [4.78, 5) is 22.9. The molecule has 0 aliphatic rings. The first-order chi connectivity index (χ1) is 12.7. The molecule has 0 atom stereocenters. The van der Waals surface area contributed by atoms with Gasteiger partial charge in [0.2, 0.25) is 0 Å². The lowest BCUT2D eigenvalue weighted by Gasteiger charge is -2.12. The third-order valence-corrected chi connectivity index (χ3v) is 4.67. The molecule has 124 valence electrons. The Labute approximate surface area is 149 Å². The predicted molar refractivity (Wildman–Crippen MR) is 104 cm³/mol. The van der Waals surface area contributed by atoms with Crippen molar-refractivity contribution in [1.82, 2.24) is 14.4 Å². The van der Waals surface area contributed by atoms with Crippen LogP contribution in [-0.2, 0) is 0 Å². The highest BCUT2D eigenvalue weighted by Crippen LogP contribution is 2.25. The third kappa shape index (κ3) is 2.12. The Morgan fingerprint density at radius 1 is 0.731 bits per heavy atom. The van der Waals surface area contributed by atoms with Gasteiger partial charge < -0.3 is 0 Å². The topological polar surface area (TPSA) is 47.3 Å². The number of nitrogens with zero attached hydrogens (tertiary/aromatic N) is 3. The van der Waals surface area contributed by atoms with Gasteiger partial charge in [-0.2, -0.15) is 0 Å². The van der Waals surface area contributed by atoms with Gasteiger partial charge in [-0.15, -0.1) is 0 Å². The van der Waals surface area contributed by atoms with Crippen LogP contribution < -0.4 is 5.56 Å². The average molecular weight is 337 g/mol. The first-order valence-electron chi connectivity index (χ1n) is 8.50. The summed E-state index contributed by atoms with van der Waals surface area (Å²) in [6.45, 7) is 2.04. The number of aromatic nitrogens is 3. The van der Waals surface area contributed by atoms with Crippen LogP contribution in [0.1, 0.15) is 5.56 Å². The van der Waals surface area contributed by atoms with Gasteiger partial charge in [-0.1, -0.05) is 54.1 Å². The van der Waals surface area contributed by atoms with E-state index in [0.717, 1.165) is 22.0 Å². The molecule has 0 unspecified atom stereocenters. The van der Waals surface area contributed by atoms with E-state index in [9.17, 15) is 4.79 Å². The maximum Gasteiger partial charge on any atom is 0.267 e. The first kappa shape index (κ1) is 14.8. The lowest BCUT2D eigenvalue weighted by molar-refractivity contribution is 1.05. The zero-order chi connectivity index (χ0) is 17.7. The number of aryl methyl sites for hydroxylation is 1. The number of benzene rings is 3. The van der Waals surface area contributed by atoms with E-state index in [1.165, 1.54) is 0 Å². The van der Waals surface area contributed by atoms with E-state index in [2.05, 4.69) is 0 Å². The molecule has 5 aromatic rings. The Hall–Kier alpha value is -3.53. The van der Waals surface area contributed by atoms with Crippen LogP contribution in [0.2, 0.25) is 0 Å². The van der Waals surface area contributed by atoms with E-state index in [-0.39, 0.29) is 5.56 Å². The Kier molecular flexibility index (Phi) is 3.12. The molecule has 0 aliphatic carbocycles. The summed E-state index contributed by atoms with van der Waals surface area (Å²) in [5.41, 5.74) is 4.11. The van der Waals surface area contributed by atoms with E-state index in [1.807, 2.05) is 79.7 Å². The second-order valence-corrected chi connectivity index (χ2v) is 6.41. The molecular formula is C22H15N3O. The number of fused-ring (bicyclic) bond motifs is 4. The summed E-state index contributed by atoms with van der Waals surface area (Å²) in [6.07, 6.45) is 0. The number of para-hydroxylation sites is 2. The zero-order valence-electron chi connectivity index (χ0n) is 14.2. The molecule has 0 N–H and O–H groups in total. The molecule has 0 radical (unpaired) electrons. The van der Waals surface area contributed by atoms with E-state index in [1.54, 1.807) is 4.40 Å². The van der Waals surface area contributed by atoms with Gasteiger partial charge in [0, 0.05) is 10.9 Å². The molecule has 0 saturated carbocycles. The van der Waals surface area contributed by atoms with Crippen molar-refractivity contribution in [3.05, 3.63) is 88.7 Å². The monoisotopic (exact) mass is 337 g/mol. The van der Waals surface area contributed by atoms with Gasteiger partial charge in [-0.25, -0.2) is 14.4 Å². The van der Waals surface area contributed by atoms with Crippen LogP contribution in [0.4, 0.5) is 0 Å². The van der Waals surface area contributed by atoms with Crippen LogP contribution >= 0.6 is 0 Å². The molecule has 2 heterocycles. The van der Waals surface area contributed by atoms with Crippen molar-refractivity contribution in [2.24, 2.45) is 0 Å². The minimum atomic E-state index is -0.0978. The molecule has 4 nitrogen and oxygen atoms in total. The minimum Gasteiger partial charge on any atom is -0.268 e. The normalized spacial score (nSPS) is 11.4. The molecule has 0 saturated heterocycles. The summed E-state index contributed by atoms with van der Waals surface area (Å²) in [5.74, 6) is 0.613. The number of hydrogen-bond acceptors (Lipinski definition) is 3. The lowest BCUT2D eigenvalue weighted by atomic mass is 10.1. The largest absolute Gasteiger partial charge is 0.268 e. The van der Waals surface area contributed by atoms with Crippen LogP contribution in [0.25, 0.3) is 38.8 Å². The van der Waals surface area contributed by atoms with E-state index >= 15 is 0 Å². The molecule has 4 heteroatoms. The van der Waals surface area contributed by atoms with Gasteiger partial charge in [0.25, 0.3) is 5.56 Å². The maximum absolute atomic E-state index is 13.3. The summed E-state index contributed by atoms with van der Waals surface area (Å²) in [7, 11) is 0. The number of rotatable bonds is 1. The van der Waals surface area contributed by atoms with Crippen LogP contribution in [0.15, 0.2) is 77.6 Å². The smallest absolute Gasteiger partial charge is 0.267 e. The van der Waals surface area contributed by atoms with E-state index in [4.69, 9.17) is 9.97 Å². The maximum atomic E-state index is 13.3. The molecular weight excluding hydrogens is 322 g/mol. The highest BCUT2D eigenvalue weighted by atomic mass is 16.1. The predicted octanol–water partition coefficient (Wildman–Crippen LogP) is 4.37. The van der Waals surface area contributed by atoms with E-state index in [0.29, 0.717) is 22.4 Å². The highest BCUT2D eigenvalue weighted by Gasteiger charge is 2.15. The molecule has 0 aliphatic heterocycles. The number of hydrogen-bond donors (Lipinski definition) is 0. The van der Waals surface area contributed by atoms with Crippen LogP contribution in [0, 0.1) is 6.92 Å². The van der Waals surface area contributed by atoms with Crippen molar-refractivity contribution >= 4 is 27.5 Å². The minimum absolute atomic E-state index is 0.0978. The van der Waals surface area contributed by atoms with Crippen LogP contribution in [-0.4, -0.2) is 14.4 Å². The Balaban J connectivity index is 2.04. The zero-order valence-corrected chi connectivity index (χ0v) is 14.2. The van der Waals surface area contributed by atoms with Gasteiger partial charge in [0.1, 0.15) is 5.82 Å². The Bertz CT molecular complexity index is 1350. The van der Waals surface area contributed by atoms with Gasteiger partial charge in [-0.05, 0) is 31.2 Å². The third-order valence-electron chi connectivity index (χ3n) is 4.67. The lowest BCUT2D eigenvalue weighted by Crippen LogP contribution is -2.18. The van der Waals surface area contributed by atoms with Gasteiger partial charge in [0.15, 0.2) is 5.65 Å². The second kappa shape index (κ2) is 5.49. The molecule has 3 aromatic carbocycles. The average Bonchev–Trinajstić information content (AvgIpc) is 2.68. The molecule has 0 fully saturated rings.